The van der Waals surface area contributed by atoms with Crippen LogP contribution in [0, 0.1) is 6.92 Å². The molecule has 6 nitrogen and oxygen atoms in total. The number of ether oxygens (including phenoxy) is 1. The number of aromatic nitrogens is 3. The number of carbonyl (C=O) groups is 1. The van der Waals surface area contributed by atoms with Crippen molar-refractivity contribution < 1.29 is 9.53 Å². The van der Waals surface area contributed by atoms with E-state index in [4.69, 9.17) is 4.74 Å². The molecule has 142 valence electrons. The number of hydrogen-bond donors (Lipinski definition) is 0. The third-order valence-electron chi connectivity index (χ3n) is 4.35. The van der Waals surface area contributed by atoms with Gasteiger partial charge in [0.1, 0.15) is 11.4 Å². The number of imidazole rings is 1. The fourth-order valence-electron chi connectivity index (χ4n) is 3.00. The molecule has 0 fully saturated rings. The summed E-state index contributed by atoms with van der Waals surface area (Å²) >= 11 is 0. The maximum Gasteiger partial charge on any atom is 0.420 e. The summed E-state index contributed by atoms with van der Waals surface area (Å²) in [5, 5.41) is 0. The number of rotatable bonds is 3. The molecule has 0 aliphatic carbocycles. The second-order valence-electron chi connectivity index (χ2n) is 7.61. The maximum atomic E-state index is 13.0. The Kier molecular flexibility index (Phi) is 4.91. The first kappa shape index (κ1) is 18.9. The molecule has 3 rings (SSSR count). The molecular formula is C21H25N3O3. The van der Waals surface area contributed by atoms with E-state index in [0.717, 1.165) is 11.1 Å². The maximum absolute atomic E-state index is 13.0. The number of nitrogens with zero attached hydrogens (tertiary/aromatic N) is 3. The first-order valence-electron chi connectivity index (χ1n) is 9.10. The Labute approximate surface area is 158 Å². The van der Waals surface area contributed by atoms with Gasteiger partial charge in [0.25, 0.3) is 5.56 Å². The molecule has 6 heteroatoms. The summed E-state index contributed by atoms with van der Waals surface area (Å²) in [4.78, 5) is 30.0. The Morgan fingerprint density at radius 2 is 1.89 bits per heavy atom. The zero-order valence-electron chi connectivity index (χ0n) is 16.4. The lowest BCUT2D eigenvalue weighted by Crippen LogP contribution is -2.28. The summed E-state index contributed by atoms with van der Waals surface area (Å²) in [6.45, 7) is 9.81. The minimum absolute atomic E-state index is 0.215. The van der Waals surface area contributed by atoms with Crippen molar-refractivity contribution in [1.82, 2.24) is 14.1 Å². The SMILES string of the molecule is CCc1nc2c(=O)n(Cc3ccccc3C)ccc2n1C(=O)OC(C)(C)C. The topological polar surface area (TPSA) is 66.1 Å². The minimum Gasteiger partial charge on any atom is -0.443 e. The average molecular weight is 367 g/mol. The third-order valence-corrected chi connectivity index (χ3v) is 4.35. The fraction of sp³-hybridized carbons (Fsp3) is 0.381. The summed E-state index contributed by atoms with van der Waals surface area (Å²) < 4.78 is 8.51. The molecule has 0 bridgehead atoms. The summed E-state index contributed by atoms with van der Waals surface area (Å²) in [6.07, 6.45) is 1.71. The van der Waals surface area contributed by atoms with Gasteiger partial charge in [-0.05, 0) is 44.9 Å². The van der Waals surface area contributed by atoms with E-state index in [1.54, 1.807) is 16.8 Å². The predicted molar refractivity (Wildman–Crippen MR) is 105 cm³/mol. The quantitative estimate of drug-likeness (QED) is 0.704. The number of benzene rings is 1. The van der Waals surface area contributed by atoms with Gasteiger partial charge in [-0.3, -0.25) is 4.79 Å². The second kappa shape index (κ2) is 7.02. The monoisotopic (exact) mass is 367 g/mol. The first-order chi connectivity index (χ1) is 12.7. The zero-order valence-corrected chi connectivity index (χ0v) is 16.4. The van der Waals surface area contributed by atoms with Crippen molar-refractivity contribution in [3.63, 3.8) is 0 Å². The van der Waals surface area contributed by atoms with E-state index in [2.05, 4.69) is 4.98 Å². The predicted octanol–water partition coefficient (Wildman–Crippen LogP) is 3.90. The Morgan fingerprint density at radius 3 is 2.52 bits per heavy atom. The van der Waals surface area contributed by atoms with Gasteiger partial charge < -0.3 is 9.30 Å². The van der Waals surface area contributed by atoms with Gasteiger partial charge in [-0.2, -0.15) is 0 Å². The number of pyridine rings is 1. The van der Waals surface area contributed by atoms with Gasteiger partial charge in [-0.15, -0.1) is 0 Å². The van der Waals surface area contributed by atoms with Crippen LogP contribution in [0.5, 0.6) is 0 Å². The van der Waals surface area contributed by atoms with Crippen LogP contribution in [0.2, 0.25) is 0 Å². The van der Waals surface area contributed by atoms with Crippen molar-refractivity contribution in [3.05, 3.63) is 63.8 Å². The molecule has 1 aromatic carbocycles. The van der Waals surface area contributed by atoms with Gasteiger partial charge in [-0.1, -0.05) is 31.2 Å². The van der Waals surface area contributed by atoms with Gasteiger partial charge in [0, 0.05) is 12.6 Å². The summed E-state index contributed by atoms with van der Waals surface area (Å²) in [5.74, 6) is 0.519. The average Bonchev–Trinajstić information content (AvgIpc) is 2.97. The molecule has 0 aliphatic heterocycles. The van der Waals surface area contributed by atoms with Gasteiger partial charge in [-0.25, -0.2) is 14.3 Å². The Morgan fingerprint density at radius 1 is 1.19 bits per heavy atom. The Bertz CT molecular complexity index is 1050. The van der Waals surface area contributed by atoms with Crippen LogP contribution in [0.25, 0.3) is 11.0 Å². The summed E-state index contributed by atoms with van der Waals surface area (Å²) in [7, 11) is 0. The van der Waals surface area contributed by atoms with Gasteiger partial charge >= 0.3 is 6.09 Å². The zero-order chi connectivity index (χ0) is 19.8. The van der Waals surface area contributed by atoms with Gasteiger partial charge in [0.05, 0.1) is 12.1 Å². The van der Waals surface area contributed by atoms with Crippen LogP contribution in [0.3, 0.4) is 0 Å². The van der Waals surface area contributed by atoms with Crippen molar-refractivity contribution in [3.8, 4) is 0 Å². The van der Waals surface area contributed by atoms with Gasteiger partial charge in [0.15, 0.2) is 5.52 Å². The molecule has 0 radical (unpaired) electrons. The highest BCUT2D eigenvalue weighted by Gasteiger charge is 2.23. The summed E-state index contributed by atoms with van der Waals surface area (Å²) in [6, 6.07) is 9.71. The van der Waals surface area contributed by atoms with Crippen LogP contribution in [0.1, 0.15) is 44.6 Å². The second-order valence-corrected chi connectivity index (χ2v) is 7.61. The summed E-state index contributed by atoms with van der Waals surface area (Å²) in [5.41, 5.74) is 2.12. The lowest BCUT2D eigenvalue weighted by molar-refractivity contribution is 0.0539. The molecule has 0 aliphatic rings. The standard InChI is InChI=1S/C21H25N3O3/c1-6-17-22-18-16(24(17)20(26)27-21(3,4)5)11-12-23(19(18)25)13-15-10-8-7-9-14(15)2/h7-12H,6,13H2,1-5H3. The van der Waals surface area contributed by atoms with E-state index in [0.29, 0.717) is 24.3 Å². The third kappa shape index (κ3) is 3.79. The van der Waals surface area contributed by atoms with E-state index < -0.39 is 11.7 Å². The van der Waals surface area contributed by atoms with Crippen molar-refractivity contribution in [1.29, 1.82) is 0 Å². The molecule has 0 N–H and O–H groups in total. The molecule has 2 aromatic heterocycles. The number of carbonyl (C=O) groups excluding carboxylic acids is 1. The largest absolute Gasteiger partial charge is 0.443 e. The highest BCUT2D eigenvalue weighted by Crippen LogP contribution is 2.18. The molecule has 3 aromatic rings. The molecule has 0 saturated heterocycles. The van der Waals surface area contributed by atoms with Crippen LogP contribution in [-0.4, -0.2) is 25.8 Å². The number of aryl methyl sites for hydroxylation is 2. The van der Waals surface area contributed by atoms with Crippen molar-refractivity contribution in [2.24, 2.45) is 0 Å². The highest BCUT2D eigenvalue weighted by molar-refractivity contribution is 5.87. The lowest BCUT2D eigenvalue weighted by atomic mass is 10.1. The smallest absolute Gasteiger partial charge is 0.420 e. The van der Waals surface area contributed by atoms with E-state index in [1.165, 1.54) is 4.57 Å². The first-order valence-corrected chi connectivity index (χ1v) is 9.10. The number of hydrogen-bond acceptors (Lipinski definition) is 4. The van der Waals surface area contributed by atoms with E-state index in [-0.39, 0.29) is 11.1 Å². The molecule has 0 amide bonds. The van der Waals surface area contributed by atoms with E-state index in [1.807, 2.05) is 58.9 Å². The normalized spacial score (nSPS) is 11.7. The van der Waals surface area contributed by atoms with E-state index in [9.17, 15) is 9.59 Å². The van der Waals surface area contributed by atoms with Crippen molar-refractivity contribution >= 4 is 17.1 Å². The minimum atomic E-state index is -0.626. The lowest BCUT2D eigenvalue weighted by Gasteiger charge is -2.20. The number of fused-ring (bicyclic) bond motifs is 1. The van der Waals surface area contributed by atoms with Crippen LogP contribution in [0.15, 0.2) is 41.3 Å². The van der Waals surface area contributed by atoms with Gasteiger partial charge in [0.2, 0.25) is 0 Å². The van der Waals surface area contributed by atoms with Crippen molar-refractivity contribution in [2.75, 3.05) is 0 Å². The molecule has 0 atom stereocenters. The highest BCUT2D eigenvalue weighted by atomic mass is 16.6. The molecule has 0 spiro atoms. The molecule has 27 heavy (non-hydrogen) atoms. The molecule has 0 saturated carbocycles. The van der Waals surface area contributed by atoms with Crippen LogP contribution in [0.4, 0.5) is 4.79 Å². The van der Waals surface area contributed by atoms with Crippen LogP contribution in [-0.2, 0) is 17.7 Å². The fourth-order valence-corrected chi connectivity index (χ4v) is 3.00. The van der Waals surface area contributed by atoms with Crippen LogP contribution >= 0.6 is 0 Å². The Balaban J connectivity index is 2.08. The molecule has 0 unspecified atom stereocenters. The molecule has 2 heterocycles. The van der Waals surface area contributed by atoms with Crippen molar-refractivity contribution in [2.45, 2.75) is 53.2 Å². The Hall–Kier alpha value is -2.89. The van der Waals surface area contributed by atoms with Crippen LogP contribution < -0.4 is 5.56 Å². The molecular weight excluding hydrogens is 342 g/mol. The van der Waals surface area contributed by atoms with E-state index >= 15 is 0 Å².